The number of nitrogens with one attached hydrogen (secondary N) is 3. The number of rotatable bonds is 10. The summed E-state index contributed by atoms with van der Waals surface area (Å²) in [7, 11) is 0. The Bertz CT molecular complexity index is 1220. The molecule has 0 radical (unpaired) electrons. The lowest BCUT2D eigenvalue weighted by Crippen LogP contribution is -2.32. The summed E-state index contributed by atoms with van der Waals surface area (Å²) in [6.45, 7) is 2.51. The maximum Gasteiger partial charge on any atom is 0.267 e. The largest absolute Gasteiger partial charge is 0.355 e. The molecule has 0 saturated carbocycles. The molecule has 3 rings (SSSR count). The Hall–Kier alpha value is -2.94. The zero-order valence-corrected chi connectivity index (χ0v) is 20.9. The van der Waals surface area contributed by atoms with Crippen molar-refractivity contribution in [2.45, 2.75) is 26.2 Å². The molecule has 0 aliphatic heterocycles. The molecule has 1 aromatic heterocycles. The van der Waals surface area contributed by atoms with Gasteiger partial charge in [0.1, 0.15) is 5.71 Å². The third-order valence-electron chi connectivity index (χ3n) is 4.95. The number of hydrogen-bond acceptors (Lipinski definition) is 5. The summed E-state index contributed by atoms with van der Waals surface area (Å²) in [5, 5.41) is 21.1. The van der Waals surface area contributed by atoms with E-state index in [1.54, 1.807) is 12.3 Å². The van der Waals surface area contributed by atoms with Crippen LogP contribution >= 0.6 is 34.5 Å². The lowest BCUT2D eigenvalue weighted by atomic mass is 10.1. The van der Waals surface area contributed by atoms with Gasteiger partial charge in [0.05, 0.1) is 12.1 Å². The number of carbonyl (C=O) groups is 2. The molecule has 3 aromatic rings. The van der Waals surface area contributed by atoms with Gasteiger partial charge in [0, 0.05) is 28.5 Å². The van der Waals surface area contributed by atoms with Crippen LogP contribution in [0.15, 0.2) is 59.0 Å². The number of hydrogen-bond donors (Lipinski definition) is 3. The molecule has 2 aromatic carbocycles. The fourth-order valence-corrected chi connectivity index (χ4v) is 4.04. The molecule has 0 aliphatic carbocycles. The molecule has 1 heterocycles. The van der Waals surface area contributed by atoms with Gasteiger partial charge in [-0.1, -0.05) is 47.5 Å². The van der Waals surface area contributed by atoms with E-state index in [1.165, 1.54) is 4.68 Å². The standard InChI is InChI=1S/C24H25Cl2N5O2S/c1-16(23(33)29-13-11-18-4-8-20(26)9-5-18)30-31-21(15-34-24(31)27)14-22(32)28-12-10-17-2-6-19(25)7-3-17/h2-9,15,27H,10-14H2,1H3,(H,28,32)(H,29,33). The molecule has 0 fully saturated rings. The van der Waals surface area contributed by atoms with Crippen LogP contribution in [0.3, 0.4) is 0 Å². The summed E-state index contributed by atoms with van der Waals surface area (Å²) < 4.78 is 1.33. The first kappa shape index (κ1) is 25.7. The van der Waals surface area contributed by atoms with E-state index in [1.807, 2.05) is 48.5 Å². The minimum atomic E-state index is -0.328. The van der Waals surface area contributed by atoms with Crippen molar-refractivity contribution in [1.82, 2.24) is 15.3 Å². The molecular weight excluding hydrogens is 493 g/mol. The summed E-state index contributed by atoms with van der Waals surface area (Å²) in [5.41, 5.74) is 2.89. The Balaban J connectivity index is 1.52. The molecule has 0 aliphatic rings. The van der Waals surface area contributed by atoms with Gasteiger partial charge in [-0.15, -0.1) is 11.3 Å². The number of benzene rings is 2. The Morgan fingerprint density at radius 3 is 2.03 bits per heavy atom. The third kappa shape index (κ3) is 7.83. The molecule has 3 N–H and O–H groups in total. The number of amides is 2. The molecule has 0 bridgehead atoms. The SMILES string of the molecule is CC(=Nn1c(CC(=O)NCCc2ccc(Cl)cc2)csc1=N)C(=O)NCCc1ccc(Cl)cc1. The van der Waals surface area contributed by atoms with Crippen molar-refractivity contribution >= 4 is 52.1 Å². The van der Waals surface area contributed by atoms with E-state index in [0.29, 0.717) is 41.7 Å². The van der Waals surface area contributed by atoms with Crippen LogP contribution in [0.5, 0.6) is 0 Å². The summed E-state index contributed by atoms with van der Waals surface area (Å²) in [6.07, 6.45) is 1.40. The van der Waals surface area contributed by atoms with Crippen molar-refractivity contribution in [1.29, 1.82) is 5.41 Å². The fraction of sp³-hybridized carbons (Fsp3) is 0.250. The van der Waals surface area contributed by atoms with Gasteiger partial charge in [-0.3, -0.25) is 15.0 Å². The highest BCUT2D eigenvalue weighted by atomic mass is 35.5. The van der Waals surface area contributed by atoms with Gasteiger partial charge < -0.3 is 10.6 Å². The summed E-state index contributed by atoms with van der Waals surface area (Å²) >= 11 is 12.9. The predicted molar refractivity (Wildman–Crippen MR) is 137 cm³/mol. The second-order valence-electron chi connectivity index (χ2n) is 7.56. The van der Waals surface area contributed by atoms with Crippen LogP contribution in [-0.2, 0) is 28.9 Å². The number of carbonyl (C=O) groups excluding carboxylic acids is 2. The quantitative estimate of drug-likeness (QED) is 0.356. The normalized spacial score (nSPS) is 11.3. The second-order valence-corrected chi connectivity index (χ2v) is 9.30. The molecule has 2 amide bonds. The smallest absolute Gasteiger partial charge is 0.267 e. The third-order valence-corrected chi connectivity index (χ3v) is 6.24. The Kier molecular flexibility index (Phi) is 9.44. The Labute approximate surface area is 211 Å². The fourth-order valence-electron chi connectivity index (χ4n) is 3.10. The highest BCUT2D eigenvalue weighted by Gasteiger charge is 2.12. The number of thiazole rings is 1. The van der Waals surface area contributed by atoms with E-state index in [-0.39, 0.29) is 28.7 Å². The van der Waals surface area contributed by atoms with Crippen molar-refractivity contribution in [2.24, 2.45) is 5.10 Å². The molecule has 10 heteroatoms. The molecule has 0 unspecified atom stereocenters. The van der Waals surface area contributed by atoms with Crippen LogP contribution in [0.4, 0.5) is 0 Å². The lowest BCUT2D eigenvalue weighted by Gasteiger charge is -2.08. The van der Waals surface area contributed by atoms with E-state index in [4.69, 9.17) is 28.6 Å². The van der Waals surface area contributed by atoms with Crippen molar-refractivity contribution in [2.75, 3.05) is 13.1 Å². The number of nitrogens with zero attached hydrogens (tertiary/aromatic N) is 2. The van der Waals surface area contributed by atoms with Crippen LogP contribution in [0, 0.1) is 5.41 Å². The van der Waals surface area contributed by atoms with Crippen molar-refractivity contribution in [3.8, 4) is 0 Å². The first-order valence-corrected chi connectivity index (χ1v) is 12.3. The molecule has 0 saturated heterocycles. The van der Waals surface area contributed by atoms with Crippen LogP contribution in [0.25, 0.3) is 0 Å². The maximum absolute atomic E-state index is 12.4. The van der Waals surface area contributed by atoms with E-state index >= 15 is 0 Å². The lowest BCUT2D eigenvalue weighted by molar-refractivity contribution is -0.120. The Morgan fingerprint density at radius 1 is 0.941 bits per heavy atom. The zero-order chi connectivity index (χ0) is 24.5. The van der Waals surface area contributed by atoms with E-state index in [0.717, 1.165) is 22.5 Å². The van der Waals surface area contributed by atoms with Crippen molar-refractivity contribution in [3.05, 3.63) is 85.6 Å². The predicted octanol–water partition coefficient (Wildman–Crippen LogP) is 3.82. The van der Waals surface area contributed by atoms with Crippen LogP contribution in [0.1, 0.15) is 23.7 Å². The highest BCUT2D eigenvalue weighted by Crippen LogP contribution is 2.10. The minimum absolute atomic E-state index is 0.0605. The van der Waals surface area contributed by atoms with Gasteiger partial charge in [-0.25, -0.2) is 4.68 Å². The average Bonchev–Trinajstić information content (AvgIpc) is 3.15. The summed E-state index contributed by atoms with van der Waals surface area (Å²) in [5.74, 6) is -0.508. The topological polar surface area (TPSA) is 99.3 Å². The minimum Gasteiger partial charge on any atom is -0.355 e. The highest BCUT2D eigenvalue weighted by molar-refractivity contribution is 7.07. The van der Waals surface area contributed by atoms with Gasteiger partial charge >= 0.3 is 0 Å². The number of aromatic nitrogens is 1. The molecule has 7 nitrogen and oxygen atoms in total. The first-order valence-electron chi connectivity index (χ1n) is 10.6. The second kappa shape index (κ2) is 12.5. The molecular formula is C24H25Cl2N5O2S. The molecule has 34 heavy (non-hydrogen) atoms. The van der Waals surface area contributed by atoms with Crippen LogP contribution in [0.2, 0.25) is 10.0 Å². The zero-order valence-electron chi connectivity index (χ0n) is 18.6. The first-order chi connectivity index (χ1) is 16.3. The van der Waals surface area contributed by atoms with Gasteiger partial charge in [0.15, 0.2) is 0 Å². The van der Waals surface area contributed by atoms with Gasteiger partial charge in [-0.05, 0) is 55.2 Å². The summed E-state index contributed by atoms with van der Waals surface area (Å²) in [4.78, 5) is 25.0. The van der Waals surface area contributed by atoms with Gasteiger partial charge in [0.25, 0.3) is 5.91 Å². The van der Waals surface area contributed by atoms with Crippen molar-refractivity contribution < 1.29 is 9.59 Å². The average molecular weight is 518 g/mol. The molecule has 0 atom stereocenters. The maximum atomic E-state index is 12.4. The van der Waals surface area contributed by atoms with Crippen molar-refractivity contribution in [3.63, 3.8) is 0 Å². The summed E-state index contributed by atoms with van der Waals surface area (Å²) in [6, 6.07) is 14.9. The van der Waals surface area contributed by atoms with Crippen LogP contribution in [-0.4, -0.2) is 35.3 Å². The van der Waals surface area contributed by atoms with E-state index in [2.05, 4.69) is 15.7 Å². The monoisotopic (exact) mass is 517 g/mol. The van der Waals surface area contributed by atoms with E-state index < -0.39 is 0 Å². The van der Waals surface area contributed by atoms with E-state index in [9.17, 15) is 9.59 Å². The molecule has 178 valence electrons. The van der Waals surface area contributed by atoms with Gasteiger partial charge in [-0.2, -0.15) is 5.10 Å². The van der Waals surface area contributed by atoms with Crippen LogP contribution < -0.4 is 15.4 Å². The number of halogens is 2. The molecule has 0 spiro atoms. The Morgan fingerprint density at radius 2 is 1.47 bits per heavy atom. The van der Waals surface area contributed by atoms with Gasteiger partial charge in [0.2, 0.25) is 10.7 Å².